The van der Waals surface area contributed by atoms with Crippen LogP contribution in [-0.2, 0) is 16.6 Å². The molecule has 160 valence electrons. The molecule has 1 aliphatic rings. The minimum atomic E-state index is -1.09. The molecule has 0 spiro atoms. The van der Waals surface area contributed by atoms with Crippen LogP contribution in [0.1, 0.15) is 42.4 Å². The first kappa shape index (κ1) is 21.2. The molecule has 0 atom stereocenters. The number of benzene rings is 2. The number of carbonyl (C=O) groups is 1. The molecule has 1 amide bonds. The molecule has 31 heavy (non-hydrogen) atoms. The molecule has 1 fully saturated rings. The van der Waals surface area contributed by atoms with Crippen molar-refractivity contribution in [1.82, 2.24) is 10.3 Å². The van der Waals surface area contributed by atoms with Gasteiger partial charge in [-0.1, -0.05) is 30.3 Å². The lowest BCUT2D eigenvalue weighted by Crippen LogP contribution is -2.47. The molecule has 2 aromatic carbocycles. The summed E-state index contributed by atoms with van der Waals surface area (Å²) >= 11 is 0. The molecule has 0 unspecified atom stereocenters. The van der Waals surface area contributed by atoms with Gasteiger partial charge in [-0.15, -0.1) is 0 Å². The Morgan fingerprint density at radius 3 is 2.19 bits per heavy atom. The van der Waals surface area contributed by atoms with Gasteiger partial charge in [0.1, 0.15) is 17.0 Å². The summed E-state index contributed by atoms with van der Waals surface area (Å²) in [6, 6.07) is 16.3. The third kappa shape index (κ3) is 4.66. The quantitative estimate of drug-likeness (QED) is 0.484. The van der Waals surface area contributed by atoms with Crippen molar-refractivity contribution >= 4 is 5.91 Å². The van der Waals surface area contributed by atoms with E-state index in [-0.39, 0.29) is 11.8 Å². The molecule has 1 saturated carbocycles. The molecule has 0 radical (unpaired) electrons. The van der Waals surface area contributed by atoms with Crippen LogP contribution in [-0.4, -0.2) is 17.4 Å². The molecule has 0 aliphatic heterocycles. The summed E-state index contributed by atoms with van der Waals surface area (Å²) < 4.78 is 28.3. The van der Waals surface area contributed by atoms with Gasteiger partial charge in [-0.3, -0.25) is 9.78 Å². The lowest BCUT2D eigenvalue weighted by molar-refractivity contribution is -0.126. The van der Waals surface area contributed by atoms with Gasteiger partial charge in [0.2, 0.25) is 5.91 Å². The maximum Gasteiger partial charge on any atom is 0.235 e. The van der Waals surface area contributed by atoms with Crippen molar-refractivity contribution in [3.63, 3.8) is 0 Å². The Kier molecular flexibility index (Phi) is 6.40. The van der Waals surface area contributed by atoms with E-state index in [4.69, 9.17) is 0 Å². The Balaban J connectivity index is 1.55. The van der Waals surface area contributed by atoms with Gasteiger partial charge in [0.05, 0.1) is 0 Å². The molecular formula is C26H26F2N2O. The first-order valence-corrected chi connectivity index (χ1v) is 10.8. The van der Waals surface area contributed by atoms with Gasteiger partial charge in [-0.25, -0.2) is 8.78 Å². The summed E-state index contributed by atoms with van der Waals surface area (Å²) in [5, 5.41) is 3.07. The number of carbonyl (C=O) groups excluding carboxylic acids is 1. The standard InChI is InChI=1S/C26H26F2N2O/c27-23-10-3-8-21(16-23)26(20-12-13-20,22-9-4-11-24(28)17-22)25(31)30-15-2-1-6-19-7-5-14-29-18-19/h3-5,7-11,14,16-18,20H,1-2,6,12-13,15H2,(H,30,31). The second-order valence-electron chi connectivity index (χ2n) is 8.18. The van der Waals surface area contributed by atoms with Crippen LogP contribution in [0, 0.1) is 17.6 Å². The van der Waals surface area contributed by atoms with E-state index in [0.717, 1.165) is 32.1 Å². The van der Waals surface area contributed by atoms with Crippen molar-refractivity contribution in [1.29, 1.82) is 0 Å². The van der Waals surface area contributed by atoms with Gasteiger partial charge in [-0.05, 0) is 85.0 Å². The van der Waals surface area contributed by atoms with Crippen LogP contribution in [0.5, 0.6) is 0 Å². The van der Waals surface area contributed by atoms with E-state index < -0.39 is 17.0 Å². The zero-order valence-corrected chi connectivity index (χ0v) is 17.4. The number of nitrogens with one attached hydrogen (secondary N) is 1. The Hall–Kier alpha value is -3.08. The predicted molar refractivity (Wildman–Crippen MR) is 116 cm³/mol. The number of aryl methyl sites for hydroxylation is 1. The van der Waals surface area contributed by atoms with Gasteiger partial charge in [0.15, 0.2) is 0 Å². The lowest BCUT2D eigenvalue weighted by Gasteiger charge is -2.34. The number of pyridine rings is 1. The Labute approximate surface area is 181 Å². The van der Waals surface area contributed by atoms with Crippen LogP contribution in [0.15, 0.2) is 73.1 Å². The van der Waals surface area contributed by atoms with Crippen molar-refractivity contribution in [3.05, 3.63) is 101 Å². The first-order valence-electron chi connectivity index (χ1n) is 10.8. The number of nitrogens with zero attached hydrogens (tertiary/aromatic N) is 1. The highest BCUT2D eigenvalue weighted by atomic mass is 19.1. The molecule has 1 heterocycles. The highest BCUT2D eigenvalue weighted by Crippen LogP contribution is 2.52. The fourth-order valence-corrected chi connectivity index (χ4v) is 4.41. The van der Waals surface area contributed by atoms with Crippen molar-refractivity contribution in [2.75, 3.05) is 6.54 Å². The van der Waals surface area contributed by atoms with Crippen LogP contribution in [0.2, 0.25) is 0 Å². The Bertz CT molecular complexity index is 989. The number of rotatable bonds is 9. The molecule has 3 aromatic rings. The van der Waals surface area contributed by atoms with E-state index in [1.54, 1.807) is 30.5 Å². The lowest BCUT2D eigenvalue weighted by atomic mass is 9.69. The fraction of sp³-hybridized carbons (Fsp3) is 0.308. The van der Waals surface area contributed by atoms with Gasteiger partial charge in [-0.2, -0.15) is 0 Å². The molecule has 0 bridgehead atoms. The number of halogens is 2. The van der Waals surface area contributed by atoms with Gasteiger partial charge in [0.25, 0.3) is 0 Å². The average Bonchev–Trinajstić information content (AvgIpc) is 3.61. The molecule has 4 rings (SSSR count). The zero-order valence-electron chi connectivity index (χ0n) is 17.4. The molecule has 5 heteroatoms. The molecule has 0 saturated heterocycles. The number of unbranched alkanes of at least 4 members (excludes halogenated alkanes) is 1. The SMILES string of the molecule is O=C(NCCCCc1cccnc1)C(c1cccc(F)c1)(c1cccc(F)c1)C1CC1. The third-order valence-electron chi connectivity index (χ3n) is 6.01. The summed E-state index contributed by atoms with van der Waals surface area (Å²) in [5.41, 5.74) is 1.23. The molecular weight excluding hydrogens is 394 g/mol. The highest BCUT2D eigenvalue weighted by molar-refractivity contribution is 5.93. The minimum Gasteiger partial charge on any atom is -0.355 e. The normalized spacial score (nSPS) is 13.7. The number of hydrogen-bond donors (Lipinski definition) is 1. The summed E-state index contributed by atoms with van der Waals surface area (Å²) in [6.45, 7) is 0.512. The van der Waals surface area contributed by atoms with Gasteiger partial charge < -0.3 is 5.32 Å². The van der Waals surface area contributed by atoms with Gasteiger partial charge >= 0.3 is 0 Å². The maximum atomic E-state index is 14.1. The minimum absolute atomic E-state index is 0.0199. The highest BCUT2D eigenvalue weighted by Gasteiger charge is 2.53. The smallest absolute Gasteiger partial charge is 0.235 e. The van der Waals surface area contributed by atoms with Crippen LogP contribution in [0.3, 0.4) is 0 Å². The summed E-state index contributed by atoms with van der Waals surface area (Å²) in [5.74, 6) is -0.967. The van der Waals surface area contributed by atoms with Crippen molar-refractivity contribution in [2.45, 2.75) is 37.5 Å². The number of aromatic nitrogens is 1. The van der Waals surface area contributed by atoms with Gasteiger partial charge in [0, 0.05) is 18.9 Å². The molecule has 1 aromatic heterocycles. The zero-order chi connectivity index (χ0) is 21.7. The van der Waals surface area contributed by atoms with E-state index in [9.17, 15) is 13.6 Å². The second kappa shape index (κ2) is 9.38. The average molecular weight is 421 g/mol. The molecule has 1 aliphatic carbocycles. The van der Waals surface area contributed by atoms with Crippen LogP contribution < -0.4 is 5.32 Å². The Morgan fingerprint density at radius 1 is 0.968 bits per heavy atom. The fourth-order valence-electron chi connectivity index (χ4n) is 4.41. The van der Waals surface area contributed by atoms with Crippen LogP contribution >= 0.6 is 0 Å². The largest absolute Gasteiger partial charge is 0.355 e. The van der Waals surface area contributed by atoms with E-state index in [1.807, 2.05) is 18.3 Å². The van der Waals surface area contributed by atoms with Crippen molar-refractivity contribution < 1.29 is 13.6 Å². The van der Waals surface area contributed by atoms with E-state index in [0.29, 0.717) is 17.7 Å². The van der Waals surface area contributed by atoms with Crippen LogP contribution in [0.25, 0.3) is 0 Å². The van der Waals surface area contributed by atoms with E-state index >= 15 is 0 Å². The molecule has 1 N–H and O–H groups in total. The topological polar surface area (TPSA) is 42.0 Å². The summed E-state index contributed by atoms with van der Waals surface area (Å²) in [4.78, 5) is 17.8. The van der Waals surface area contributed by atoms with Crippen molar-refractivity contribution in [3.8, 4) is 0 Å². The predicted octanol–water partition coefficient (Wildman–Crippen LogP) is 5.20. The van der Waals surface area contributed by atoms with Crippen molar-refractivity contribution in [2.24, 2.45) is 5.92 Å². The summed E-state index contributed by atoms with van der Waals surface area (Å²) in [6.07, 6.45) is 7.93. The van der Waals surface area contributed by atoms with E-state index in [2.05, 4.69) is 10.3 Å². The van der Waals surface area contributed by atoms with E-state index in [1.165, 1.54) is 29.8 Å². The summed E-state index contributed by atoms with van der Waals surface area (Å²) in [7, 11) is 0. The maximum absolute atomic E-state index is 14.1. The second-order valence-corrected chi connectivity index (χ2v) is 8.18. The molecule has 3 nitrogen and oxygen atoms in total. The monoisotopic (exact) mass is 420 g/mol. The Morgan fingerprint density at radius 2 is 1.65 bits per heavy atom. The number of hydrogen-bond acceptors (Lipinski definition) is 2. The third-order valence-corrected chi connectivity index (χ3v) is 6.01. The number of amides is 1. The van der Waals surface area contributed by atoms with Crippen LogP contribution in [0.4, 0.5) is 8.78 Å². The first-order chi connectivity index (χ1) is 15.1.